The van der Waals surface area contributed by atoms with Crippen LogP contribution in [-0.2, 0) is 51.3 Å². The number of aryl methyl sites for hydroxylation is 1. The van der Waals surface area contributed by atoms with Gasteiger partial charge in [0.05, 0.1) is 79.2 Å². The van der Waals surface area contributed by atoms with Crippen LogP contribution < -0.4 is 33.5 Å². The number of carbonyl (C=O) groups excluding carboxylic acids is 9. The molecule has 8 heterocycles. The fourth-order valence-electron chi connectivity index (χ4n) is 14.9. The lowest BCUT2D eigenvalue weighted by Crippen LogP contribution is -2.54. The molecule has 8 aliphatic heterocycles. The largest absolute Gasteiger partial charge is 0.493 e. The number of unbranched alkanes of at least 4 members (excludes halogenated alkanes) is 4. The molecule has 0 radical (unpaired) electrons. The number of aliphatic hydroxyl groups excluding tert-OH is 8. The molecule has 0 bridgehead atoms. The smallest absolute Gasteiger partial charge is 0.416 e. The van der Waals surface area contributed by atoms with Crippen LogP contribution in [0.2, 0.25) is 0 Å². The Kier molecular flexibility index (Phi) is 26.9. The van der Waals surface area contributed by atoms with Crippen LogP contribution in [0.5, 0.6) is 28.7 Å². The number of allylic oxidation sites excluding steroid dienone is 1. The number of fused-ring (bicyclic) bond motifs is 4. The number of amides is 6. The summed E-state index contributed by atoms with van der Waals surface area (Å²) in [6.07, 6.45) is -8.76. The van der Waals surface area contributed by atoms with E-state index < -0.39 is 147 Å². The van der Waals surface area contributed by atoms with Crippen molar-refractivity contribution in [2.24, 2.45) is 4.99 Å². The van der Waals surface area contributed by atoms with Gasteiger partial charge in [-0.1, -0.05) is 48.9 Å². The molecule has 8 aliphatic rings. The van der Waals surface area contributed by atoms with E-state index in [0.717, 1.165) is 26.9 Å². The molecule has 0 spiro atoms. The van der Waals surface area contributed by atoms with Gasteiger partial charge in [0.2, 0.25) is 12.6 Å². The first-order valence-corrected chi connectivity index (χ1v) is 37.8. The van der Waals surface area contributed by atoms with Gasteiger partial charge in [-0.3, -0.25) is 43.5 Å². The van der Waals surface area contributed by atoms with Crippen LogP contribution in [0.4, 0.5) is 21.0 Å². The molecule has 33 nitrogen and oxygen atoms in total. The molecular formula is C81H94N6O27. The molecule has 33 heteroatoms. The minimum atomic E-state index is -1.74. The first-order valence-electron chi connectivity index (χ1n) is 37.8. The Morgan fingerprint density at radius 1 is 0.561 bits per heavy atom. The van der Waals surface area contributed by atoms with E-state index >= 15 is 0 Å². The number of nitrogens with zero attached hydrogens (tertiary/aromatic N) is 6. The monoisotopic (exact) mass is 1580 g/mol. The van der Waals surface area contributed by atoms with E-state index in [9.17, 15) is 84.0 Å². The number of hydrogen-bond acceptors (Lipinski definition) is 28. The quantitative estimate of drug-likeness (QED) is 0.0133. The van der Waals surface area contributed by atoms with Gasteiger partial charge in [-0.2, -0.15) is 0 Å². The van der Waals surface area contributed by atoms with Crippen LogP contribution >= 0.6 is 0 Å². The Morgan fingerprint density at radius 3 is 1.56 bits per heavy atom. The van der Waals surface area contributed by atoms with E-state index in [1.165, 1.54) is 78.6 Å². The summed E-state index contributed by atoms with van der Waals surface area (Å²) in [5.74, 6) is -3.04. The van der Waals surface area contributed by atoms with Crippen molar-refractivity contribution in [3.05, 3.63) is 148 Å². The summed E-state index contributed by atoms with van der Waals surface area (Å²) >= 11 is 0. The van der Waals surface area contributed by atoms with E-state index in [0.29, 0.717) is 72.9 Å². The van der Waals surface area contributed by atoms with Gasteiger partial charge >= 0.3 is 12.2 Å². The number of Topliss-reactive ketones (excluding diaryl/α,β-unsaturated/α-hetero) is 3. The topological polar surface area (TPSA) is 436 Å². The highest BCUT2D eigenvalue weighted by molar-refractivity contribution is 6.15. The molecular weight excluding hydrogens is 1490 g/mol. The number of ketones is 3. The van der Waals surface area contributed by atoms with Crippen LogP contribution in [-0.4, -0.2) is 255 Å². The summed E-state index contributed by atoms with van der Waals surface area (Å²) in [4.78, 5) is 135. The second-order valence-corrected chi connectivity index (χ2v) is 29.2. The van der Waals surface area contributed by atoms with Crippen LogP contribution in [0.3, 0.4) is 0 Å². The molecule has 4 aromatic carbocycles. The van der Waals surface area contributed by atoms with E-state index in [4.69, 9.17) is 47.4 Å². The third-order valence-corrected chi connectivity index (χ3v) is 21.1. The lowest BCUT2D eigenvalue weighted by Gasteiger charge is -2.35. The highest BCUT2D eigenvalue weighted by Crippen LogP contribution is 2.44. The molecule has 4 fully saturated rings. The van der Waals surface area contributed by atoms with Crippen molar-refractivity contribution in [2.45, 2.75) is 190 Å². The zero-order chi connectivity index (χ0) is 81.3. The average Bonchev–Trinajstić information content (AvgIpc) is 1.60. The number of carbonyl (C=O) groups is 9. The second-order valence-electron chi connectivity index (χ2n) is 29.2. The van der Waals surface area contributed by atoms with Crippen LogP contribution in [0, 0.1) is 6.92 Å². The SMILES string of the molecule is C=C1C[C@H]2C(O)N(C(=O)OCc3ccc(O[C@@H]4OC[C@@H](O)[C@H](O)[C@H]4O)c(C(=O)CCCCCC(=O)C(CC4=CCC=N4)N4C(=O)C=CC4=O)c3)c3cc(OCCCCCOc4cc5c(cc4OC)C(=O)N4CC(=C)C[C@H]4C(O)N5C(=O)OCc4ccc(O[C@@H]5OC[C@@H](O)[C@H](O)[C@H]5O)c(C(=O)CCCOC)c4)c(C)cc3C(=O)N2C1. The van der Waals surface area contributed by atoms with E-state index in [2.05, 4.69) is 18.2 Å². The number of rotatable bonds is 33. The maximum absolute atomic E-state index is 14.7. The molecule has 0 aromatic heterocycles. The standard InChI is InChI=1S/C81H94N6O27/c1-43-28-56-76(101)86(80(103)111-39-46-18-20-63(113-78-72(97)70(95)61(91)41-109-78)51(31-46)58(88)15-8-6-9-16-60(90)55(33-48-14-12-24-82-48)85-68(93)22-23-69(85)94)53-35-65(45(3)30-49(53)74(99)83(56)37-43)107-26-10-7-11-27-108-67-36-54-50(34-66(67)106-5)75(100)84-38-44(2)29-57(84)77(102)87(54)81(104)112-40-47-19-21-64(52(32-47)59(89)17-13-25-105-4)114-79-73(98)71(96)62(92)42-110-79/h14,18-24,30-32,34-36,55-57,61-62,70-73,76-79,91-92,95-98,101-102H,1-2,6-13,15-17,25-29,33,37-42H2,3-5H3/t55?,56-,57-,61+,62+,70-,71-,72+,73+,76?,77?,78-,79-/m0/s1. The minimum absolute atomic E-state index is 0.00938. The number of aliphatic hydroxyl groups is 8. The maximum Gasteiger partial charge on any atom is 0.416 e. The summed E-state index contributed by atoms with van der Waals surface area (Å²) < 4.78 is 58.1. The molecule has 3 unspecified atom stereocenters. The van der Waals surface area contributed by atoms with E-state index in [1.54, 1.807) is 19.2 Å². The van der Waals surface area contributed by atoms with Gasteiger partial charge in [0.15, 0.2) is 41.3 Å². The van der Waals surface area contributed by atoms with E-state index in [-0.39, 0.29) is 158 Å². The van der Waals surface area contributed by atoms with Gasteiger partial charge in [0, 0.05) is 95.1 Å². The number of hydrogen-bond donors (Lipinski definition) is 8. The maximum atomic E-state index is 14.7. The molecule has 4 saturated heterocycles. The predicted octanol–water partition coefficient (Wildman–Crippen LogP) is 5.11. The van der Waals surface area contributed by atoms with Crippen molar-refractivity contribution in [2.75, 3.05) is 70.1 Å². The number of anilines is 2. The van der Waals surface area contributed by atoms with Gasteiger partial charge in [-0.05, 0) is 111 Å². The molecule has 114 heavy (non-hydrogen) atoms. The second kappa shape index (κ2) is 36.9. The van der Waals surface area contributed by atoms with Crippen molar-refractivity contribution < 1.29 is 131 Å². The van der Waals surface area contributed by atoms with Crippen molar-refractivity contribution in [3.8, 4) is 28.7 Å². The molecule has 4 aromatic rings. The van der Waals surface area contributed by atoms with Crippen molar-refractivity contribution in [1.29, 1.82) is 0 Å². The highest BCUT2D eigenvalue weighted by Gasteiger charge is 2.49. The highest BCUT2D eigenvalue weighted by atomic mass is 16.7. The summed E-state index contributed by atoms with van der Waals surface area (Å²) in [5, 5.41) is 86.7. The Hall–Kier alpha value is -10.3. The molecule has 8 N–H and O–H groups in total. The fourth-order valence-corrected chi connectivity index (χ4v) is 14.9. The van der Waals surface area contributed by atoms with Gasteiger partial charge < -0.3 is 98.0 Å². The van der Waals surface area contributed by atoms with E-state index in [1.807, 2.05) is 6.08 Å². The summed E-state index contributed by atoms with van der Waals surface area (Å²) in [7, 11) is 2.86. The number of benzene rings is 4. The predicted molar refractivity (Wildman–Crippen MR) is 402 cm³/mol. The van der Waals surface area contributed by atoms with Crippen LogP contribution in [0.1, 0.15) is 148 Å². The van der Waals surface area contributed by atoms with Crippen LogP contribution in [0.15, 0.2) is 114 Å². The van der Waals surface area contributed by atoms with Gasteiger partial charge in [0.25, 0.3) is 23.6 Å². The Morgan fingerprint density at radius 2 is 1.05 bits per heavy atom. The summed E-state index contributed by atoms with van der Waals surface area (Å²) in [6.45, 7) is 8.77. The van der Waals surface area contributed by atoms with Crippen molar-refractivity contribution >= 4 is 70.8 Å². The summed E-state index contributed by atoms with van der Waals surface area (Å²) in [6, 6.07) is 11.5. The van der Waals surface area contributed by atoms with Crippen molar-refractivity contribution in [3.63, 3.8) is 0 Å². The normalized spacial score (nSPS) is 24.7. The van der Waals surface area contributed by atoms with Gasteiger partial charge in [-0.25, -0.2) is 19.4 Å². The van der Waals surface area contributed by atoms with Gasteiger partial charge in [0.1, 0.15) is 73.1 Å². The Labute approximate surface area is 655 Å². The minimum Gasteiger partial charge on any atom is -0.493 e. The molecule has 610 valence electrons. The average molecular weight is 1580 g/mol. The molecule has 0 aliphatic carbocycles. The Bertz CT molecular complexity index is 4450. The first kappa shape index (κ1) is 83.1. The van der Waals surface area contributed by atoms with Gasteiger partial charge in [-0.15, -0.1) is 0 Å². The summed E-state index contributed by atoms with van der Waals surface area (Å²) in [5.41, 5.74) is 2.88. The lowest BCUT2D eigenvalue weighted by atomic mass is 9.98. The first-order chi connectivity index (χ1) is 54.7. The zero-order valence-corrected chi connectivity index (χ0v) is 63.3. The number of methoxy groups -OCH3 is 2. The fraction of sp³-hybridized carbons (Fsp3) is 0.481. The third-order valence-electron chi connectivity index (χ3n) is 21.1. The van der Waals surface area contributed by atoms with Crippen LogP contribution in [0.25, 0.3) is 0 Å². The third kappa shape index (κ3) is 18.4. The number of aliphatic imine (C=N–C) groups is 1. The number of imide groups is 1. The molecule has 0 saturated carbocycles. The van der Waals surface area contributed by atoms with Crippen molar-refractivity contribution in [1.82, 2.24) is 14.7 Å². The Balaban J connectivity index is 0.699. The molecule has 6 amide bonds. The molecule has 13 atom stereocenters. The number of ether oxygens (including phenoxy) is 10. The lowest BCUT2D eigenvalue weighted by molar-refractivity contribution is -0.242. The zero-order valence-electron chi connectivity index (χ0n) is 63.3. The molecule has 12 rings (SSSR count).